The smallest absolute Gasteiger partial charge is 0.427 e. The molecule has 1 amide bonds. The predicted molar refractivity (Wildman–Crippen MR) is 110 cm³/mol. The molecule has 3 rings (SSSR count). The molecule has 0 atom stereocenters. The lowest BCUT2D eigenvalue weighted by Crippen LogP contribution is -2.18. The van der Waals surface area contributed by atoms with E-state index in [1.165, 1.54) is 6.21 Å². The number of amides is 1. The zero-order valence-electron chi connectivity index (χ0n) is 16.5. The van der Waals surface area contributed by atoms with Crippen molar-refractivity contribution in [3.63, 3.8) is 0 Å². The van der Waals surface area contributed by atoms with E-state index in [1.54, 1.807) is 25.8 Å². The second kappa shape index (κ2) is 9.41. The van der Waals surface area contributed by atoms with E-state index < -0.39 is 6.09 Å². The van der Waals surface area contributed by atoms with Gasteiger partial charge in [0.05, 0.1) is 32.7 Å². The summed E-state index contributed by atoms with van der Waals surface area (Å²) in [7, 11) is 3.16. The van der Waals surface area contributed by atoms with E-state index in [1.807, 2.05) is 54.7 Å². The minimum absolute atomic E-state index is 0.268. The number of carbonyl (C=O) groups is 1. The highest BCUT2D eigenvalue weighted by Crippen LogP contribution is 2.33. The molecule has 0 aliphatic carbocycles. The summed E-state index contributed by atoms with van der Waals surface area (Å²) >= 11 is 0. The number of benzene rings is 2. The van der Waals surface area contributed by atoms with Crippen molar-refractivity contribution in [2.24, 2.45) is 5.10 Å². The molecular formula is C21H22N4O4. The fourth-order valence-corrected chi connectivity index (χ4v) is 2.72. The van der Waals surface area contributed by atoms with E-state index >= 15 is 0 Å². The van der Waals surface area contributed by atoms with E-state index in [0.29, 0.717) is 22.8 Å². The van der Waals surface area contributed by atoms with E-state index in [0.717, 1.165) is 11.3 Å². The zero-order valence-corrected chi connectivity index (χ0v) is 16.5. The van der Waals surface area contributed by atoms with Crippen molar-refractivity contribution in [2.75, 3.05) is 20.8 Å². The van der Waals surface area contributed by atoms with Crippen molar-refractivity contribution in [3.05, 3.63) is 60.3 Å². The first-order chi connectivity index (χ1) is 14.2. The summed E-state index contributed by atoms with van der Waals surface area (Å²) in [6, 6.07) is 15.2. The average molecular weight is 394 g/mol. The summed E-state index contributed by atoms with van der Waals surface area (Å²) in [5.41, 5.74) is 5.41. The summed E-state index contributed by atoms with van der Waals surface area (Å²) in [4.78, 5) is 11.5. The predicted octanol–water partition coefficient (Wildman–Crippen LogP) is 3.64. The Hall–Kier alpha value is -3.81. The molecule has 8 nitrogen and oxygen atoms in total. The third kappa shape index (κ3) is 4.73. The Morgan fingerprint density at radius 3 is 2.59 bits per heavy atom. The third-order valence-electron chi connectivity index (χ3n) is 4.06. The summed E-state index contributed by atoms with van der Waals surface area (Å²) in [6.45, 7) is 1.99. The summed E-state index contributed by atoms with van der Waals surface area (Å²) in [5.74, 6) is 1.21. The maximum Gasteiger partial charge on any atom is 0.427 e. The highest BCUT2D eigenvalue weighted by molar-refractivity contribution is 5.89. The van der Waals surface area contributed by atoms with Crippen molar-refractivity contribution in [1.29, 1.82) is 0 Å². The van der Waals surface area contributed by atoms with Gasteiger partial charge in [-0.05, 0) is 37.3 Å². The molecule has 0 aliphatic heterocycles. The lowest BCUT2D eigenvalue weighted by molar-refractivity contribution is 0.152. The molecule has 0 fully saturated rings. The first kappa shape index (κ1) is 19.9. The summed E-state index contributed by atoms with van der Waals surface area (Å²) in [5, 5.41) is 8.67. The molecule has 0 saturated carbocycles. The van der Waals surface area contributed by atoms with Crippen LogP contribution in [0.4, 0.5) is 4.79 Å². The quantitative estimate of drug-likeness (QED) is 0.488. The third-order valence-corrected chi connectivity index (χ3v) is 4.06. The molecule has 1 aromatic heterocycles. The van der Waals surface area contributed by atoms with Crippen LogP contribution in [0.3, 0.4) is 0 Å². The van der Waals surface area contributed by atoms with Crippen LogP contribution in [-0.2, 0) is 4.74 Å². The Labute approximate surface area is 168 Å². The van der Waals surface area contributed by atoms with E-state index in [9.17, 15) is 4.79 Å². The molecule has 0 bridgehead atoms. The van der Waals surface area contributed by atoms with Crippen molar-refractivity contribution in [3.8, 4) is 28.4 Å². The molecule has 0 unspecified atom stereocenters. The lowest BCUT2D eigenvalue weighted by Gasteiger charge is -2.09. The Morgan fingerprint density at radius 1 is 1.14 bits per heavy atom. The van der Waals surface area contributed by atoms with Crippen LogP contribution >= 0.6 is 0 Å². The Balaban J connectivity index is 2.01. The van der Waals surface area contributed by atoms with Gasteiger partial charge in [0.15, 0.2) is 11.5 Å². The van der Waals surface area contributed by atoms with Crippen LogP contribution in [0.5, 0.6) is 11.5 Å². The van der Waals surface area contributed by atoms with Gasteiger partial charge < -0.3 is 14.2 Å². The van der Waals surface area contributed by atoms with Gasteiger partial charge >= 0.3 is 6.09 Å². The van der Waals surface area contributed by atoms with Gasteiger partial charge in [-0.3, -0.25) is 0 Å². The van der Waals surface area contributed by atoms with Gasteiger partial charge in [-0.15, -0.1) is 0 Å². The van der Waals surface area contributed by atoms with Gasteiger partial charge in [0.2, 0.25) is 0 Å². The topological polar surface area (TPSA) is 87.0 Å². The average Bonchev–Trinajstić information content (AvgIpc) is 3.18. The fourth-order valence-electron chi connectivity index (χ4n) is 2.72. The molecule has 0 spiro atoms. The molecule has 0 radical (unpaired) electrons. The Kier molecular flexibility index (Phi) is 6.47. The molecule has 1 N–H and O–H groups in total. The second-order valence-corrected chi connectivity index (χ2v) is 5.87. The normalized spacial score (nSPS) is 10.7. The van der Waals surface area contributed by atoms with Crippen LogP contribution < -0.4 is 14.9 Å². The highest BCUT2D eigenvalue weighted by Gasteiger charge is 2.14. The first-order valence-corrected chi connectivity index (χ1v) is 8.99. The number of nitrogens with zero attached hydrogens (tertiary/aromatic N) is 3. The Morgan fingerprint density at radius 2 is 1.90 bits per heavy atom. The van der Waals surface area contributed by atoms with Crippen LogP contribution in [0.15, 0.2) is 59.8 Å². The second-order valence-electron chi connectivity index (χ2n) is 5.87. The highest BCUT2D eigenvalue weighted by atomic mass is 16.5. The van der Waals surface area contributed by atoms with Crippen molar-refractivity contribution in [1.82, 2.24) is 15.2 Å². The van der Waals surface area contributed by atoms with Crippen LogP contribution in [0.2, 0.25) is 0 Å². The summed E-state index contributed by atoms with van der Waals surface area (Å²) in [6.07, 6.45) is 2.74. The first-order valence-electron chi connectivity index (χ1n) is 8.99. The van der Waals surface area contributed by atoms with Gasteiger partial charge in [-0.25, -0.2) is 14.9 Å². The number of ether oxygens (including phenoxy) is 3. The number of hydrazone groups is 1. The van der Waals surface area contributed by atoms with Crippen LogP contribution in [0, 0.1) is 0 Å². The minimum Gasteiger partial charge on any atom is -0.493 e. The maximum atomic E-state index is 11.5. The van der Waals surface area contributed by atoms with Gasteiger partial charge in [-0.2, -0.15) is 10.2 Å². The number of methoxy groups -OCH3 is 2. The molecule has 0 saturated heterocycles. The van der Waals surface area contributed by atoms with E-state index in [4.69, 9.17) is 19.3 Å². The van der Waals surface area contributed by atoms with Gasteiger partial charge in [0.1, 0.15) is 5.69 Å². The minimum atomic E-state index is -0.619. The van der Waals surface area contributed by atoms with Gasteiger partial charge in [0.25, 0.3) is 0 Å². The molecule has 150 valence electrons. The van der Waals surface area contributed by atoms with Gasteiger partial charge in [0, 0.05) is 17.3 Å². The SMILES string of the molecule is CCOC(=O)NN=Cc1cn(-c2ccccc2)nc1-c1ccc(OC)c(OC)c1. The molecule has 0 aliphatic rings. The number of nitrogens with one attached hydrogen (secondary N) is 1. The summed E-state index contributed by atoms with van der Waals surface area (Å²) < 4.78 is 17.3. The van der Waals surface area contributed by atoms with Crippen LogP contribution in [-0.4, -0.2) is 42.9 Å². The number of para-hydroxylation sites is 1. The van der Waals surface area contributed by atoms with E-state index in [-0.39, 0.29) is 6.61 Å². The molecule has 29 heavy (non-hydrogen) atoms. The molecular weight excluding hydrogens is 372 g/mol. The fraction of sp³-hybridized carbons (Fsp3) is 0.190. The number of hydrogen-bond donors (Lipinski definition) is 1. The number of aromatic nitrogens is 2. The van der Waals surface area contributed by atoms with Crippen LogP contribution in [0.25, 0.3) is 16.9 Å². The number of hydrogen-bond acceptors (Lipinski definition) is 6. The van der Waals surface area contributed by atoms with Crippen LogP contribution in [0.1, 0.15) is 12.5 Å². The van der Waals surface area contributed by atoms with E-state index in [2.05, 4.69) is 10.5 Å². The molecule has 2 aromatic carbocycles. The zero-order chi connectivity index (χ0) is 20.6. The lowest BCUT2D eigenvalue weighted by atomic mass is 10.1. The molecule has 8 heteroatoms. The van der Waals surface area contributed by atoms with Crippen molar-refractivity contribution >= 4 is 12.3 Å². The number of carbonyl (C=O) groups excluding carboxylic acids is 1. The van der Waals surface area contributed by atoms with Crippen molar-refractivity contribution < 1.29 is 19.0 Å². The monoisotopic (exact) mass is 394 g/mol. The largest absolute Gasteiger partial charge is 0.493 e. The maximum absolute atomic E-state index is 11.5. The molecule has 3 aromatic rings. The molecule has 1 heterocycles. The number of rotatable bonds is 7. The Bertz CT molecular complexity index is 999. The van der Waals surface area contributed by atoms with Crippen molar-refractivity contribution in [2.45, 2.75) is 6.92 Å². The van der Waals surface area contributed by atoms with Gasteiger partial charge in [-0.1, -0.05) is 18.2 Å². The standard InChI is InChI=1S/C21H22N4O4/c1-4-29-21(26)23-22-13-16-14-25(17-8-6-5-7-9-17)24-20(16)15-10-11-18(27-2)19(12-15)28-3/h5-14H,4H2,1-3H3,(H,23,26).